The maximum absolute atomic E-state index is 12.3. The smallest absolute Gasteiger partial charge is 0.263 e. The highest BCUT2D eigenvalue weighted by atomic mass is 79.9. The number of sulfonamides is 1. The van der Waals surface area contributed by atoms with Crippen LogP contribution in [0.2, 0.25) is 5.02 Å². The summed E-state index contributed by atoms with van der Waals surface area (Å²) in [6, 6.07) is 9.34. The highest BCUT2D eigenvalue weighted by Gasteiger charge is 2.18. The van der Waals surface area contributed by atoms with Crippen molar-refractivity contribution in [2.75, 3.05) is 10.5 Å². The highest BCUT2D eigenvalue weighted by Crippen LogP contribution is 2.28. The lowest BCUT2D eigenvalue weighted by atomic mass is 10.3. The van der Waals surface area contributed by atoms with Gasteiger partial charge in [0.05, 0.1) is 16.4 Å². The molecule has 0 aromatic heterocycles. The number of rotatable bonds is 3. The van der Waals surface area contributed by atoms with Gasteiger partial charge in [-0.15, -0.1) is 0 Å². The number of nitrogen functional groups attached to an aromatic ring is 1. The quantitative estimate of drug-likeness (QED) is 0.701. The number of halogens is 3. The molecule has 3 N–H and O–H groups in total. The first-order chi connectivity index (χ1) is 9.29. The summed E-state index contributed by atoms with van der Waals surface area (Å²) < 4.78 is 28.4. The van der Waals surface area contributed by atoms with Crippen molar-refractivity contribution in [2.24, 2.45) is 0 Å². The van der Waals surface area contributed by atoms with E-state index >= 15 is 0 Å². The topological polar surface area (TPSA) is 72.2 Å². The lowest BCUT2D eigenvalue weighted by Crippen LogP contribution is -2.14. The average Bonchev–Trinajstić information content (AvgIpc) is 2.33. The van der Waals surface area contributed by atoms with Crippen molar-refractivity contribution in [3.63, 3.8) is 0 Å². The van der Waals surface area contributed by atoms with Crippen LogP contribution in [0.4, 0.5) is 11.4 Å². The first-order valence-electron chi connectivity index (χ1n) is 5.32. The molecule has 0 aliphatic rings. The summed E-state index contributed by atoms with van der Waals surface area (Å²) in [5.41, 5.74) is 6.26. The largest absolute Gasteiger partial charge is 0.398 e. The van der Waals surface area contributed by atoms with Gasteiger partial charge < -0.3 is 5.73 Å². The minimum absolute atomic E-state index is 0.0136. The molecule has 4 nitrogen and oxygen atoms in total. The van der Waals surface area contributed by atoms with Crippen molar-refractivity contribution in [1.82, 2.24) is 0 Å². The molecular weight excluding hydrogens is 431 g/mol. The highest BCUT2D eigenvalue weighted by molar-refractivity contribution is 9.10. The monoisotopic (exact) mass is 438 g/mol. The molecule has 8 heteroatoms. The molecule has 2 aromatic rings. The Hall–Kier alpha value is -0.760. The Labute approximate surface area is 138 Å². The lowest BCUT2D eigenvalue weighted by molar-refractivity contribution is 0.601. The van der Waals surface area contributed by atoms with E-state index in [0.717, 1.165) is 0 Å². The van der Waals surface area contributed by atoms with Gasteiger partial charge in [0.1, 0.15) is 4.90 Å². The van der Waals surface area contributed by atoms with Crippen LogP contribution in [-0.4, -0.2) is 8.42 Å². The second-order valence-corrected chi connectivity index (χ2v) is 7.74. The summed E-state index contributed by atoms with van der Waals surface area (Å²) in [5.74, 6) is 0. The van der Waals surface area contributed by atoms with Gasteiger partial charge in [0.2, 0.25) is 0 Å². The SMILES string of the molecule is Nc1cc(Br)ccc1S(=O)(=O)Nc1ccc(Br)c(Cl)c1. The summed E-state index contributed by atoms with van der Waals surface area (Å²) in [6.07, 6.45) is 0. The van der Waals surface area contributed by atoms with Crippen LogP contribution in [0.1, 0.15) is 0 Å². The number of benzene rings is 2. The van der Waals surface area contributed by atoms with Crippen molar-refractivity contribution >= 4 is 64.9 Å². The van der Waals surface area contributed by atoms with Gasteiger partial charge in [0.25, 0.3) is 10.0 Å². The maximum atomic E-state index is 12.3. The second kappa shape index (κ2) is 5.93. The molecule has 2 rings (SSSR count). The Morgan fingerprint density at radius 2 is 1.80 bits per heavy atom. The zero-order valence-corrected chi connectivity index (χ0v) is 14.6. The molecule has 0 bridgehead atoms. The molecule has 0 fully saturated rings. The van der Waals surface area contributed by atoms with Crippen LogP contribution in [0.25, 0.3) is 0 Å². The molecule has 0 aliphatic carbocycles. The van der Waals surface area contributed by atoms with Gasteiger partial charge in [-0.25, -0.2) is 8.42 Å². The number of hydrogen-bond acceptors (Lipinski definition) is 3. The van der Waals surface area contributed by atoms with Gasteiger partial charge >= 0.3 is 0 Å². The first kappa shape index (κ1) is 15.6. The number of nitrogens with two attached hydrogens (primary N) is 1. The predicted molar refractivity (Wildman–Crippen MR) is 88.5 cm³/mol. The molecule has 2 aromatic carbocycles. The van der Waals surface area contributed by atoms with Gasteiger partial charge in [0, 0.05) is 8.95 Å². The Bertz CT molecular complexity index is 766. The summed E-state index contributed by atoms with van der Waals surface area (Å²) in [7, 11) is -3.76. The van der Waals surface area contributed by atoms with Gasteiger partial charge in [-0.1, -0.05) is 27.5 Å². The number of nitrogens with one attached hydrogen (secondary N) is 1. The molecular formula is C12H9Br2ClN2O2S. The molecule has 0 radical (unpaired) electrons. The minimum Gasteiger partial charge on any atom is -0.398 e. The summed E-state index contributed by atoms with van der Waals surface area (Å²) in [5, 5.41) is 0.411. The van der Waals surface area contributed by atoms with Crippen LogP contribution in [-0.2, 0) is 10.0 Å². The molecule has 0 spiro atoms. The average molecular weight is 441 g/mol. The Morgan fingerprint density at radius 3 is 2.40 bits per heavy atom. The van der Waals surface area contributed by atoms with Crippen LogP contribution in [0.3, 0.4) is 0 Å². The molecule has 0 saturated heterocycles. The van der Waals surface area contributed by atoms with E-state index in [1.54, 1.807) is 18.2 Å². The molecule has 0 amide bonds. The predicted octanol–water partition coefficient (Wildman–Crippen LogP) is 4.25. The van der Waals surface area contributed by atoms with E-state index < -0.39 is 10.0 Å². The van der Waals surface area contributed by atoms with Crippen molar-refractivity contribution < 1.29 is 8.42 Å². The molecule has 0 heterocycles. The fraction of sp³-hybridized carbons (Fsp3) is 0. The van der Waals surface area contributed by atoms with E-state index in [1.807, 2.05) is 0 Å². The molecule has 0 atom stereocenters. The van der Waals surface area contributed by atoms with E-state index in [4.69, 9.17) is 17.3 Å². The van der Waals surface area contributed by atoms with Gasteiger partial charge in [-0.2, -0.15) is 0 Å². The fourth-order valence-corrected chi connectivity index (χ4v) is 3.50. The zero-order chi connectivity index (χ0) is 14.9. The Kier molecular flexibility index (Phi) is 4.63. The van der Waals surface area contributed by atoms with Gasteiger partial charge in [0.15, 0.2) is 0 Å². The van der Waals surface area contributed by atoms with E-state index in [2.05, 4.69) is 36.6 Å². The normalized spacial score (nSPS) is 11.3. The molecule has 106 valence electrons. The van der Waals surface area contributed by atoms with E-state index in [0.29, 0.717) is 19.7 Å². The van der Waals surface area contributed by atoms with Crippen LogP contribution >= 0.6 is 43.5 Å². The Morgan fingerprint density at radius 1 is 1.10 bits per heavy atom. The Balaban J connectivity index is 2.38. The third-order valence-corrected chi connectivity index (χ3v) is 5.61. The lowest BCUT2D eigenvalue weighted by Gasteiger charge is -2.11. The third kappa shape index (κ3) is 3.46. The molecule has 20 heavy (non-hydrogen) atoms. The molecule has 0 aliphatic heterocycles. The van der Waals surface area contributed by atoms with Crippen molar-refractivity contribution in [3.8, 4) is 0 Å². The fourth-order valence-electron chi connectivity index (χ4n) is 1.53. The third-order valence-electron chi connectivity index (χ3n) is 2.43. The number of hydrogen-bond donors (Lipinski definition) is 2. The first-order valence-corrected chi connectivity index (χ1v) is 8.77. The van der Waals surface area contributed by atoms with Crippen LogP contribution in [0.5, 0.6) is 0 Å². The maximum Gasteiger partial charge on any atom is 0.263 e. The molecule has 0 unspecified atom stereocenters. The second-order valence-electron chi connectivity index (χ2n) is 3.92. The summed E-state index contributed by atoms with van der Waals surface area (Å²) in [4.78, 5) is 0.0136. The van der Waals surface area contributed by atoms with E-state index in [1.165, 1.54) is 18.2 Å². The summed E-state index contributed by atoms with van der Waals surface area (Å²) >= 11 is 12.4. The van der Waals surface area contributed by atoms with Crippen LogP contribution < -0.4 is 10.5 Å². The standard InChI is InChI=1S/C12H9Br2ClN2O2S/c13-7-1-4-12(11(16)5-7)20(18,19)17-8-2-3-9(14)10(15)6-8/h1-6,17H,16H2. The summed E-state index contributed by atoms with van der Waals surface area (Å²) in [6.45, 7) is 0. The van der Waals surface area contributed by atoms with E-state index in [-0.39, 0.29) is 10.6 Å². The number of anilines is 2. The van der Waals surface area contributed by atoms with Crippen LogP contribution in [0.15, 0.2) is 50.2 Å². The van der Waals surface area contributed by atoms with Crippen molar-refractivity contribution in [1.29, 1.82) is 0 Å². The zero-order valence-electron chi connectivity index (χ0n) is 9.90. The molecule has 0 saturated carbocycles. The van der Waals surface area contributed by atoms with Gasteiger partial charge in [-0.3, -0.25) is 4.72 Å². The van der Waals surface area contributed by atoms with Crippen molar-refractivity contribution in [2.45, 2.75) is 4.90 Å². The van der Waals surface area contributed by atoms with Gasteiger partial charge in [-0.05, 0) is 52.3 Å². The van der Waals surface area contributed by atoms with Crippen molar-refractivity contribution in [3.05, 3.63) is 50.4 Å². The van der Waals surface area contributed by atoms with E-state index in [9.17, 15) is 8.42 Å². The minimum atomic E-state index is -3.76. The van der Waals surface area contributed by atoms with Crippen LogP contribution in [0, 0.1) is 0 Å².